The third-order valence-corrected chi connectivity index (χ3v) is 3.75. The second-order valence-corrected chi connectivity index (χ2v) is 5.70. The minimum absolute atomic E-state index is 0.0940. The number of allylic oxidation sites excluding steroid dienone is 4. The molecule has 130 valence electrons. The molecule has 1 atom stereocenters. The fourth-order valence-corrected chi connectivity index (χ4v) is 2.13. The minimum atomic E-state index is -1.19. The van der Waals surface area contributed by atoms with Gasteiger partial charge in [-0.3, -0.25) is 9.59 Å². The Bertz CT molecular complexity index is 632. The fourth-order valence-electron chi connectivity index (χ4n) is 2.13. The van der Waals surface area contributed by atoms with Crippen LogP contribution < -0.4 is 16.4 Å². The van der Waals surface area contributed by atoms with Crippen LogP contribution in [0.5, 0.6) is 0 Å². The van der Waals surface area contributed by atoms with E-state index in [0.29, 0.717) is 23.9 Å². The number of rotatable bonds is 8. The number of carbonyl (C=O) groups excluding carboxylic acids is 2. The molecule has 0 heterocycles. The molecular formula is C16H22N4O4. The van der Waals surface area contributed by atoms with Gasteiger partial charge < -0.3 is 31.6 Å². The summed E-state index contributed by atoms with van der Waals surface area (Å²) in [6.45, 7) is 0.0163. The van der Waals surface area contributed by atoms with Gasteiger partial charge in [0.2, 0.25) is 5.91 Å². The van der Waals surface area contributed by atoms with Crippen LogP contribution in [0.4, 0.5) is 0 Å². The highest BCUT2D eigenvalue weighted by Gasteiger charge is 2.25. The Balaban J connectivity index is 2.19. The average Bonchev–Trinajstić information content (AvgIpc) is 3.37. The van der Waals surface area contributed by atoms with Crippen molar-refractivity contribution in [2.45, 2.75) is 18.9 Å². The van der Waals surface area contributed by atoms with Crippen molar-refractivity contribution in [2.75, 3.05) is 20.3 Å². The summed E-state index contributed by atoms with van der Waals surface area (Å²) in [5.74, 6) is -0.319. The zero-order valence-corrected chi connectivity index (χ0v) is 13.5. The highest BCUT2D eigenvalue weighted by Crippen LogP contribution is 2.30. The van der Waals surface area contributed by atoms with Crippen molar-refractivity contribution in [3.05, 3.63) is 35.3 Å². The number of primary amides is 1. The number of hydrogen-bond donors (Lipinski definition) is 5. The second-order valence-electron chi connectivity index (χ2n) is 5.70. The Morgan fingerprint density at radius 1 is 1.46 bits per heavy atom. The lowest BCUT2D eigenvalue weighted by Crippen LogP contribution is -2.48. The summed E-state index contributed by atoms with van der Waals surface area (Å²) in [5, 5.41) is 22.2. The van der Waals surface area contributed by atoms with E-state index in [1.54, 1.807) is 18.2 Å². The van der Waals surface area contributed by atoms with Gasteiger partial charge in [-0.25, -0.2) is 0 Å². The summed E-state index contributed by atoms with van der Waals surface area (Å²) in [6.07, 6.45) is 7.15. The third kappa shape index (κ3) is 4.45. The normalized spacial score (nSPS) is 20.1. The van der Waals surface area contributed by atoms with Crippen LogP contribution in [-0.4, -0.2) is 48.9 Å². The Hall–Kier alpha value is -2.61. The van der Waals surface area contributed by atoms with Gasteiger partial charge in [-0.05, 0) is 37.0 Å². The van der Waals surface area contributed by atoms with E-state index in [1.807, 2.05) is 0 Å². The average molecular weight is 334 g/mol. The molecule has 0 radical (unpaired) electrons. The molecular weight excluding hydrogens is 312 g/mol. The van der Waals surface area contributed by atoms with Gasteiger partial charge in [-0.15, -0.1) is 0 Å². The van der Waals surface area contributed by atoms with Gasteiger partial charge in [0, 0.05) is 12.6 Å². The largest absolute Gasteiger partial charge is 0.493 e. The van der Waals surface area contributed by atoms with E-state index in [4.69, 9.17) is 21.0 Å². The van der Waals surface area contributed by atoms with Crippen LogP contribution in [0.3, 0.4) is 0 Å². The van der Waals surface area contributed by atoms with Crippen molar-refractivity contribution in [1.29, 1.82) is 5.41 Å². The van der Waals surface area contributed by atoms with Crippen LogP contribution >= 0.6 is 0 Å². The lowest BCUT2D eigenvalue weighted by atomic mass is 10.0. The molecule has 0 aromatic carbocycles. The Labute approximate surface area is 139 Å². The molecule has 8 heteroatoms. The smallest absolute Gasteiger partial charge is 0.268 e. The number of ether oxygens (including phenoxy) is 1. The van der Waals surface area contributed by atoms with Crippen LogP contribution in [-0.2, 0) is 14.3 Å². The zero-order chi connectivity index (χ0) is 17.7. The summed E-state index contributed by atoms with van der Waals surface area (Å²) in [5.41, 5.74) is 5.67. The van der Waals surface area contributed by atoms with Gasteiger partial charge in [0.1, 0.15) is 17.5 Å². The number of likely N-dealkylation sites (N-methyl/N-ethyl adjacent to an activating group) is 1. The van der Waals surface area contributed by atoms with Crippen LogP contribution in [0, 0.1) is 11.3 Å². The number of nitrogens with two attached hydrogens (primary N) is 1. The monoisotopic (exact) mass is 334 g/mol. The summed E-state index contributed by atoms with van der Waals surface area (Å²) >= 11 is 0. The molecule has 1 saturated carbocycles. The summed E-state index contributed by atoms with van der Waals surface area (Å²) in [7, 11) is 1.53. The SMILES string of the molecule is CN/C(C(=O)N[C@H](CO)C(N)=O)=C1/C=C(OCC2CC2)C=CC1=N. The fraction of sp³-hybridized carbons (Fsp3) is 0.438. The first-order valence-corrected chi connectivity index (χ1v) is 7.70. The van der Waals surface area contributed by atoms with Crippen LogP contribution in [0.15, 0.2) is 35.3 Å². The molecule has 0 unspecified atom stereocenters. The van der Waals surface area contributed by atoms with Crippen molar-refractivity contribution in [3.8, 4) is 0 Å². The van der Waals surface area contributed by atoms with E-state index in [1.165, 1.54) is 7.05 Å². The molecule has 6 N–H and O–H groups in total. The predicted molar refractivity (Wildman–Crippen MR) is 87.9 cm³/mol. The maximum atomic E-state index is 12.3. The standard InChI is InChI=1S/C16H22N4O4/c1-19-14(16(23)20-13(7-21)15(18)22)11-6-10(4-5-12(11)17)24-8-9-2-3-9/h4-6,9,13,17,19,21H,2-3,7-8H2,1H3,(H2,18,22)(H,20,23)/b14-11-,17-12?/t13-/m1/s1. The Kier molecular flexibility index (Phi) is 5.75. The number of amides is 2. The van der Waals surface area contributed by atoms with Crippen molar-refractivity contribution in [2.24, 2.45) is 11.7 Å². The van der Waals surface area contributed by atoms with Gasteiger partial charge in [0.15, 0.2) is 0 Å². The van der Waals surface area contributed by atoms with Gasteiger partial charge in [-0.1, -0.05) is 0 Å². The lowest BCUT2D eigenvalue weighted by Gasteiger charge is -2.18. The molecule has 2 aliphatic rings. The molecule has 2 amide bonds. The number of aliphatic hydroxyl groups excluding tert-OH is 1. The van der Waals surface area contributed by atoms with Crippen LogP contribution in [0.25, 0.3) is 0 Å². The van der Waals surface area contributed by atoms with E-state index < -0.39 is 24.5 Å². The van der Waals surface area contributed by atoms with Crippen molar-refractivity contribution < 1.29 is 19.4 Å². The molecule has 0 aromatic rings. The van der Waals surface area contributed by atoms with Gasteiger partial charge in [-0.2, -0.15) is 0 Å². The highest BCUT2D eigenvalue weighted by atomic mass is 16.5. The zero-order valence-electron chi connectivity index (χ0n) is 13.5. The maximum Gasteiger partial charge on any atom is 0.268 e. The Morgan fingerprint density at radius 3 is 2.71 bits per heavy atom. The second kappa shape index (κ2) is 7.78. The molecule has 0 saturated heterocycles. The Morgan fingerprint density at radius 2 is 2.17 bits per heavy atom. The van der Waals surface area contributed by atoms with Crippen LogP contribution in [0.1, 0.15) is 12.8 Å². The van der Waals surface area contributed by atoms with Crippen molar-refractivity contribution in [1.82, 2.24) is 10.6 Å². The van der Waals surface area contributed by atoms with E-state index in [2.05, 4.69) is 10.6 Å². The highest BCUT2D eigenvalue weighted by molar-refractivity contribution is 6.14. The minimum Gasteiger partial charge on any atom is -0.493 e. The van der Waals surface area contributed by atoms with Crippen LogP contribution in [0.2, 0.25) is 0 Å². The first-order valence-electron chi connectivity index (χ1n) is 7.70. The first kappa shape index (κ1) is 17.7. The molecule has 2 rings (SSSR count). The molecule has 8 nitrogen and oxygen atoms in total. The lowest BCUT2D eigenvalue weighted by molar-refractivity contribution is -0.126. The number of carbonyl (C=O) groups is 2. The first-order chi connectivity index (χ1) is 11.5. The topological polar surface area (TPSA) is 138 Å². The van der Waals surface area contributed by atoms with Gasteiger partial charge in [0.05, 0.1) is 18.9 Å². The third-order valence-electron chi connectivity index (χ3n) is 3.75. The molecule has 0 aliphatic heterocycles. The quantitative estimate of drug-likeness (QED) is 0.375. The van der Waals surface area contributed by atoms with E-state index in [0.717, 1.165) is 12.8 Å². The molecule has 0 bridgehead atoms. The van der Waals surface area contributed by atoms with Gasteiger partial charge in [0.25, 0.3) is 5.91 Å². The van der Waals surface area contributed by atoms with Gasteiger partial charge >= 0.3 is 0 Å². The molecule has 1 fully saturated rings. The summed E-state index contributed by atoms with van der Waals surface area (Å²) in [4.78, 5) is 23.5. The van der Waals surface area contributed by atoms with E-state index >= 15 is 0 Å². The molecule has 24 heavy (non-hydrogen) atoms. The van der Waals surface area contributed by atoms with Crippen molar-refractivity contribution in [3.63, 3.8) is 0 Å². The predicted octanol–water partition coefficient (Wildman–Crippen LogP) is -0.678. The number of aliphatic hydroxyl groups is 1. The molecule has 0 aromatic heterocycles. The summed E-state index contributed by atoms with van der Waals surface area (Å²) < 4.78 is 5.67. The summed E-state index contributed by atoms with van der Waals surface area (Å²) in [6, 6.07) is -1.19. The maximum absolute atomic E-state index is 12.3. The number of nitrogens with one attached hydrogen (secondary N) is 3. The number of hydrogen-bond acceptors (Lipinski definition) is 6. The van der Waals surface area contributed by atoms with E-state index in [9.17, 15) is 9.59 Å². The van der Waals surface area contributed by atoms with Crippen molar-refractivity contribution >= 4 is 17.5 Å². The molecule has 0 spiro atoms. The van der Waals surface area contributed by atoms with E-state index in [-0.39, 0.29) is 11.4 Å². The molecule has 2 aliphatic carbocycles.